The molecule has 2 N–H and O–H groups in total. The first-order valence-corrected chi connectivity index (χ1v) is 14.5. The quantitative estimate of drug-likeness (QED) is 0.411. The second kappa shape index (κ2) is 10.7. The molecule has 3 aliphatic carbocycles. The van der Waals surface area contributed by atoms with Crippen LogP contribution in [0.1, 0.15) is 87.8 Å². The summed E-state index contributed by atoms with van der Waals surface area (Å²) in [5, 5.41) is 6.35. The predicted molar refractivity (Wildman–Crippen MR) is 154 cm³/mol. The van der Waals surface area contributed by atoms with Crippen molar-refractivity contribution in [3.8, 4) is 0 Å². The van der Waals surface area contributed by atoms with Crippen LogP contribution in [0.2, 0.25) is 0 Å². The number of rotatable bonds is 9. The molecule has 1 aliphatic heterocycles. The second-order valence-electron chi connectivity index (χ2n) is 13.2. The first kappa shape index (κ1) is 27.9. The fourth-order valence-electron chi connectivity index (χ4n) is 7.24. The first-order valence-electron chi connectivity index (χ1n) is 14.5. The van der Waals surface area contributed by atoms with E-state index in [1.165, 1.54) is 6.42 Å². The molecule has 4 aliphatic rings. The molecule has 39 heavy (non-hydrogen) atoms. The fourth-order valence-corrected chi connectivity index (χ4v) is 7.24. The van der Waals surface area contributed by atoms with Crippen LogP contribution in [0, 0.1) is 30.1 Å². The molecule has 1 saturated heterocycles. The summed E-state index contributed by atoms with van der Waals surface area (Å²) in [6.45, 7) is 13.2. The van der Waals surface area contributed by atoms with Crippen LogP contribution in [-0.4, -0.2) is 36.6 Å². The molecule has 4 fully saturated rings. The van der Waals surface area contributed by atoms with E-state index in [1.54, 1.807) is 12.1 Å². The summed E-state index contributed by atoms with van der Waals surface area (Å²) in [4.78, 5) is 26.6. The van der Waals surface area contributed by atoms with Crippen LogP contribution < -0.4 is 10.6 Å². The van der Waals surface area contributed by atoms with E-state index in [0.29, 0.717) is 23.3 Å². The van der Waals surface area contributed by atoms with Gasteiger partial charge in [0, 0.05) is 5.56 Å². The molecule has 1 heterocycles. The lowest BCUT2D eigenvalue weighted by molar-refractivity contribution is -0.199. The van der Waals surface area contributed by atoms with E-state index < -0.39 is 13.2 Å². The van der Waals surface area contributed by atoms with Crippen molar-refractivity contribution in [2.45, 2.75) is 90.9 Å². The molecule has 7 heteroatoms. The average Bonchev–Trinajstić information content (AvgIpc) is 3.25. The van der Waals surface area contributed by atoms with Crippen molar-refractivity contribution in [2.75, 3.05) is 0 Å². The Hall–Kier alpha value is -2.64. The van der Waals surface area contributed by atoms with Gasteiger partial charge < -0.3 is 19.9 Å². The van der Waals surface area contributed by atoms with Gasteiger partial charge in [0.15, 0.2) is 0 Å². The Bertz CT molecular complexity index is 1200. The summed E-state index contributed by atoms with van der Waals surface area (Å²) >= 11 is 0. The van der Waals surface area contributed by atoms with Gasteiger partial charge >= 0.3 is 7.12 Å². The monoisotopic (exact) mass is 530 g/mol. The molecule has 1 unspecified atom stereocenters. The maximum atomic E-state index is 13.6. The zero-order chi connectivity index (χ0) is 27.9. The molecule has 6 atom stereocenters. The molecular formula is C32H43BN2O4. The van der Waals surface area contributed by atoms with Gasteiger partial charge in [-0.1, -0.05) is 75.7 Å². The van der Waals surface area contributed by atoms with Gasteiger partial charge in [-0.3, -0.25) is 9.59 Å². The Morgan fingerprint density at radius 2 is 1.77 bits per heavy atom. The average molecular weight is 531 g/mol. The number of hydrogen-bond acceptors (Lipinski definition) is 4. The Morgan fingerprint density at radius 3 is 2.44 bits per heavy atom. The van der Waals surface area contributed by atoms with Crippen LogP contribution in [0.25, 0.3) is 0 Å². The van der Waals surface area contributed by atoms with Gasteiger partial charge in [0.05, 0.1) is 30.1 Å². The van der Waals surface area contributed by atoms with Crippen LogP contribution in [0.5, 0.6) is 0 Å². The van der Waals surface area contributed by atoms with Gasteiger partial charge in [0.1, 0.15) is 0 Å². The highest BCUT2D eigenvalue weighted by atomic mass is 16.7. The van der Waals surface area contributed by atoms with Gasteiger partial charge in [-0.25, -0.2) is 0 Å². The zero-order valence-corrected chi connectivity index (χ0v) is 24.2. The minimum atomic E-state index is -0.474. The molecule has 2 aromatic rings. The molecule has 0 aromatic heterocycles. The second-order valence-corrected chi connectivity index (χ2v) is 13.2. The predicted octanol–water partition coefficient (Wildman–Crippen LogP) is 5.65. The molecule has 2 amide bonds. The Balaban J connectivity index is 1.31. The lowest BCUT2D eigenvalue weighted by Gasteiger charge is -2.64. The molecule has 2 aromatic carbocycles. The number of hydrogen-bond donors (Lipinski definition) is 2. The topological polar surface area (TPSA) is 76.7 Å². The van der Waals surface area contributed by atoms with Crippen molar-refractivity contribution in [3.63, 3.8) is 0 Å². The summed E-state index contributed by atoms with van der Waals surface area (Å²) in [6.07, 6.45) is 3.15. The third-order valence-corrected chi connectivity index (χ3v) is 9.54. The molecule has 6 nitrogen and oxygen atoms in total. The molecule has 2 bridgehead atoms. The minimum Gasteiger partial charge on any atom is -0.404 e. The molecule has 3 saturated carbocycles. The van der Waals surface area contributed by atoms with Crippen molar-refractivity contribution in [3.05, 3.63) is 71.3 Å². The van der Waals surface area contributed by atoms with Crippen molar-refractivity contribution in [1.82, 2.24) is 10.6 Å². The van der Waals surface area contributed by atoms with Crippen LogP contribution in [0.4, 0.5) is 0 Å². The summed E-state index contributed by atoms with van der Waals surface area (Å²) in [6, 6.07) is 16.6. The van der Waals surface area contributed by atoms with Crippen LogP contribution in [-0.2, 0) is 14.1 Å². The largest absolute Gasteiger partial charge is 0.481 e. The Kier molecular flexibility index (Phi) is 7.69. The van der Waals surface area contributed by atoms with Crippen LogP contribution >= 0.6 is 0 Å². The van der Waals surface area contributed by atoms with Crippen LogP contribution in [0.3, 0.4) is 0 Å². The van der Waals surface area contributed by atoms with E-state index in [0.717, 1.165) is 24.0 Å². The maximum absolute atomic E-state index is 13.6. The van der Waals surface area contributed by atoms with E-state index in [4.69, 9.17) is 9.31 Å². The Morgan fingerprint density at radius 1 is 1.03 bits per heavy atom. The van der Waals surface area contributed by atoms with Gasteiger partial charge in [-0.05, 0) is 74.0 Å². The summed E-state index contributed by atoms with van der Waals surface area (Å²) in [5.41, 5.74) is 2.49. The summed E-state index contributed by atoms with van der Waals surface area (Å²) in [7, 11) is -0.474. The molecule has 6 rings (SSSR count). The lowest BCUT2D eigenvalue weighted by atomic mass is 9.43. The van der Waals surface area contributed by atoms with E-state index >= 15 is 0 Å². The van der Waals surface area contributed by atoms with Crippen LogP contribution in [0.15, 0.2) is 54.6 Å². The minimum absolute atomic E-state index is 0.0658. The normalized spacial score (nSPS) is 28.3. The van der Waals surface area contributed by atoms with Crippen molar-refractivity contribution >= 4 is 18.9 Å². The number of benzene rings is 2. The highest BCUT2D eigenvalue weighted by Gasteiger charge is 2.68. The number of nitrogens with one attached hydrogen (secondary N) is 2. The SMILES string of the molecule is Cc1cccc(C(CC(=O)N[C@@H](CC(C)C)B2O[C@@H]3C[C@@H]4C[C@@H](C4(C)C)[C@]3(C)O2)NC(=O)c2ccccc2)c1. The zero-order valence-electron chi connectivity index (χ0n) is 24.2. The van der Waals surface area contributed by atoms with Crippen molar-refractivity contribution in [2.24, 2.45) is 23.2 Å². The smallest absolute Gasteiger partial charge is 0.404 e. The number of carbonyl (C=O) groups excluding carboxylic acids is 2. The fraction of sp³-hybridized carbons (Fsp3) is 0.562. The highest BCUT2D eigenvalue weighted by molar-refractivity contribution is 6.47. The standard InChI is InChI=1S/C32H43BN2O4/c1-20(2)15-28(33-38-27-18-24-17-26(31(24,4)5)32(27,6)39-33)35-29(36)19-25(23-14-10-11-21(3)16-23)34-30(37)22-12-8-7-9-13-22/h7-14,16,20,24-28H,15,17-19H2,1-6H3,(H,34,37)(H,35,36)/t24-,25?,26-,27+,28-,32-/m0/s1. The Labute approximate surface area is 233 Å². The van der Waals surface area contributed by atoms with E-state index in [2.05, 4.69) is 45.3 Å². The van der Waals surface area contributed by atoms with Crippen molar-refractivity contribution in [1.29, 1.82) is 0 Å². The van der Waals surface area contributed by atoms with Gasteiger partial charge in [-0.2, -0.15) is 0 Å². The van der Waals surface area contributed by atoms with Gasteiger partial charge in [0.25, 0.3) is 5.91 Å². The highest BCUT2D eigenvalue weighted by Crippen LogP contribution is 2.65. The molecular weight excluding hydrogens is 487 g/mol. The number of carbonyl (C=O) groups is 2. The summed E-state index contributed by atoms with van der Waals surface area (Å²) in [5.74, 6) is 0.904. The van der Waals surface area contributed by atoms with Gasteiger partial charge in [-0.15, -0.1) is 0 Å². The third kappa shape index (κ3) is 5.53. The lowest BCUT2D eigenvalue weighted by Crippen LogP contribution is -2.65. The third-order valence-electron chi connectivity index (χ3n) is 9.54. The molecule has 0 radical (unpaired) electrons. The van der Waals surface area contributed by atoms with E-state index in [-0.39, 0.29) is 41.3 Å². The molecule has 208 valence electrons. The van der Waals surface area contributed by atoms with Gasteiger partial charge in [0.2, 0.25) is 5.91 Å². The number of amides is 2. The van der Waals surface area contributed by atoms with E-state index in [1.807, 2.05) is 49.4 Å². The first-order chi connectivity index (χ1) is 18.5. The van der Waals surface area contributed by atoms with Crippen molar-refractivity contribution < 1.29 is 18.9 Å². The molecule has 0 spiro atoms. The summed E-state index contributed by atoms with van der Waals surface area (Å²) < 4.78 is 13.3. The van der Waals surface area contributed by atoms with E-state index in [9.17, 15) is 9.59 Å². The maximum Gasteiger partial charge on any atom is 0.481 e. The number of aryl methyl sites for hydroxylation is 1.